The Labute approximate surface area is 108 Å². The van der Waals surface area contributed by atoms with Crippen LogP contribution in [0, 0.1) is 0 Å². The van der Waals surface area contributed by atoms with Crippen LogP contribution in [0.4, 0.5) is 8.78 Å². The molecule has 0 bridgehead atoms. The summed E-state index contributed by atoms with van der Waals surface area (Å²) in [5.74, 6) is -0.263. The fourth-order valence-corrected chi connectivity index (χ4v) is 1.87. The zero-order valence-corrected chi connectivity index (χ0v) is 10.3. The molecule has 0 fully saturated rings. The van der Waals surface area contributed by atoms with Crippen molar-refractivity contribution in [3.63, 3.8) is 0 Å². The molecule has 1 rings (SSSR count). The van der Waals surface area contributed by atoms with E-state index in [9.17, 15) is 13.9 Å². The van der Waals surface area contributed by atoms with E-state index in [0.717, 1.165) is 0 Å². The van der Waals surface area contributed by atoms with Crippen molar-refractivity contribution < 1.29 is 13.9 Å². The molecule has 1 aromatic carbocycles. The number of rotatable bonds is 3. The lowest BCUT2D eigenvalue weighted by Crippen LogP contribution is -2.14. The fraction of sp³-hybridized carbons (Fsp3) is 0.333. The minimum absolute atomic E-state index is 0. The quantitative estimate of drug-likeness (QED) is 0.890. The predicted molar refractivity (Wildman–Crippen MR) is 62.9 cm³/mol. The van der Waals surface area contributed by atoms with Gasteiger partial charge in [-0.3, -0.25) is 0 Å². The molecule has 0 aliphatic rings. The SMILES string of the molecule is Cl.N[C@H](CC(F)F)c1c(O)cc(Cl)cc1Cl. The van der Waals surface area contributed by atoms with Gasteiger partial charge in [-0.2, -0.15) is 0 Å². The van der Waals surface area contributed by atoms with Gasteiger partial charge >= 0.3 is 0 Å². The number of phenolic OH excluding ortho intramolecular Hbond substituents is 1. The zero-order valence-electron chi connectivity index (χ0n) is 7.96. The Hall–Kier alpha value is -0.290. The van der Waals surface area contributed by atoms with Crippen LogP contribution >= 0.6 is 35.6 Å². The van der Waals surface area contributed by atoms with Gasteiger partial charge in [-0.15, -0.1) is 12.4 Å². The second kappa shape index (κ2) is 6.45. The topological polar surface area (TPSA) is 46.2 Å². The van der Waals surface area contributed by atoms with E-state index >= 15 is 0 Å². The number of benzene rings is 1. The summed E-state index contributed by atoms with van der Waals surface area (Å²) in [5.41, 5.74) is 5.58. The summed E-state index contributed by atoms with van der Waals surface area (Å²) in [6.07, 6.45) is -3.11. The maximum atomic E-state index is 12.1. The zero-order chi connectivity index (χ0) is 11.6. The molecule has 3 N–H and O–H groups in total. The maximum Gasteiger partial charge on any atom is 0.240 e. The van der Waals surface area contributed by atoms with Gasteiger partial charge in [0.1, 0.15) is 5.75 Å². The molecule has 1 atom stereocenters. The Morgan fingerprint density at radius 3 is 2.31 bits per heavy atom. The van der Waals surface area contributed by atoms with Crippen LogP contribution in [0.15, 0.2) is 12.1 Å². The van der Waals surface area contributed by atoms with Crippen molar-refractivity contribution in [2.24, 2.45) is 5.73 Å². The van der Waals surface area contributed by atoms with Crippen molar-refractivity contribution in [3.8, 4) is 5.75 Å². The van der Waals surface area contributed by atoms with Crippen LogP contribution in [0.25, 0.3) is 0 Å². The van der Waals surface area contributed by atoms with Gasteiger partial charge in [0.25, 0.3) is 0 Å². The lowest BCUT2D eigenvalue weighted by molar-refractivity contribution is 0.128. The number of halogens is 5. The second-order valence-electron chi connectivity index (χ2n) is 3.05. The van der Waals surface area contributed by atoms with Gasteiger partial charge < -0.3 is 10.8 Å². The monoisotopic (exact) mass is 291 g/mol. The Balaban J connectivity index is 0.00000225. The number of phenols is 1. The van der Waals surface area contributed by atoms with Crippen molar-refractivity contribution in [2.75, 3.05) is 0 Å². The van der Waals surface area contributed by atoms with Gasteiger partial charge in [-0.25, -0.2) is 8.78 Å². The van der Waals surface area contributed by atoms with Gasteiger partial charge in [-0.1, -0.05) is 23.2 Å². The molecule has 1 aromatic rings. The maximum absolute atomic E-state index is 12.1. The number of alkyl halides is 2. The van der Waals surface area contributed by atoms with Gasteiger partial charge in [0, 0.05) is 23.0 Å². The number of aromatic hydroxyl groups is 1. The molecule has 0 aliphatic heterocycles. The number of hydrogen-bond donors (Lipinski definition) is 2. The summed E-state index contributed by atoms with van der Waals surface area (Å²) < 4.78 is 24.2. The molecule has 0 spiro atoms. The molecular weight excluding hydrogens is 282 g/mol. The van der Waals surface area contributed by atoms with E-state index in [1.165, 1.54) is 12.1 Å². The average Bonchev–Trinajstić information content (AvgIpc) is 1.99. The van der Waals surface area contributed by atoms with E-state index in [0.29, 0.717) is 0 Å². The molecule has 2 nitrogen and oxygen atoms in total. The van der Waals surface area contributed by atoms with Crippen LogP contribution in [0.5, 0.6) is 5.75 Å². The Bertz CT molecular complexity index is 340. The average molecular weight is 293 g/mol. The third-order valence-electron chi connectivity index (χ3n) is 1.88. The van der Waals surface area contributed by atoms with E-state index in [2.05, 4.69) is 0 Å². The molecule has 7 heteroatoms. The molecule has 16 heavy (non-hydrogen) atoms. The van der Waals surface area contributed by atoms with Crippen LogP contribution in [0.2, 0.25) is 10.0 Å². The van der Waals surface area contributed by atoms with E-state index in [4.69, 9.17) is 28.9 Å². The van der Waals surface area contributed by atoms with Crippen LogP contribution in [-0.4, -0.2) is 11.5 Å². The van der Waals surface area contributed by atoms with Crippen molar-refractivity contribution in [1.82, 2.24) is 0 Å². The first-order chi connectivity index (χ1) is 6.91. The molecular formula is C9H10Cl3F2NO. The van der Waals surface area contributed by atoms with Crippen LogP contribution in [-0.2, 0) is 0 Å². The van der Waals surface area contributed by atoms with E-state index < -0.39 is 18.9 Å². The Morgan fingerprint density at radius 1 is 1.31 bits per heavy atom. The summed E-state index contributed by atoms with van der Waals surface area (Å²) in [4.78, 5) is 0. The van der Waals surface area contributed by atoms with Crippen LogP contribution in [0.3, 0.4) is 0 Å². The third kappa shape index (κ3) is 3.94. The van der Waals surface area contributed by atoms with Crippen LogP contribution in [0.1, 0.15) is 18.0 Å². The molecule has 0 saturated carbocycles. The summed E-state index contributed by atoms with van der Waals surface area (Å²) in [5, 5.41) is 9.78. The molecule has 0 radical (unpaired) electrons. The lowest BCUT2D eigenvalue weighted by atomic mass is 10.0. The lowest BCUT2D eigenvalue weighted by Gasteiger charge is -2.15. The fourth-order valence-electron chi connectivity index (χ4n) is 1.25. The first-order valence-electron chi connectivity index (χ1n) is 4.13. The van der Waals surface area contributed by atoms with Gasteiger partial charge in [0.2, 0.25) is 6.43 Å². The highest BCUT2D eigenvalue weighted by Crippen LogP contribution is 2.35. The molecule has 0 amide bonds. The van der Waals surface area contributed by atoms with E-state index in [-0.39, 0.29) is 33.8 Å². The highest BCUT2D eigenvalue weighted by Gasteiger charge is 2.19. The van der Waals surface area contributed by atoms with Crippen molar-refractivity contribution in [3.05, 3.63) is 27.7 Å². The highest BCUT2D eigenvalue weighted by molar-refractivity contribution is 6.35. The van der Waals surface area contributed by atoms with Crippen LogP contribution < -0.4 is 5.73 Å². The minimum atomic E-state index is -2.55. The van der Waals surface area contributed by atoms with Crippen molar-refractivity contribution >= 4 is 35.6 Å². The summed E-state index contributed by atoms with van der Waals surface area (Å²) >= 11 is 11.3. The van der Waals surface area contributed by atoms with E-state index in [1.807, 2.05) is 0 Å². The smallest absolute Gasteiger partial charge is 0.240 e. The molecule has 0 heterocycles. The summed E-state index contributed by atoms with van der Waals surface area (Å²) in [7, 11) is 0. The summed E-state index contributed by atoms with van der Waals surface area (Å²) in [6, 6.07) is 1.56. The molecule has 0 unspecified atom stereocenters. The molecule has 92 valence electrons. The first kappa shape index (κ1) is 15.7. The summed E-state index contributed by atoms with van der Waals surface area (Å²) in [6.45, 7) is 0. The number of nitrogens with two attached hydrogens (primary N) is 1. The van der Waals surface area contributed by atoms with E-state index in [1.54, 1.807) is 0 Å². The largest absolute Gasteiger partial charge is 0.508 e. The second-order valence-corrected chi connectivity index (χ2v) is 3.90. The Morgan fingerprint density at radius 2 is 1.88 bits per heavy atom. The van der Waals surface area contributed by atoms with Gasteiger partial charge in [0.15, 0.2) is 0 Å². The number of hydrogen-bond acceptors (Lipinski definition) is 2. The van der Waals surface area contributed by atoms with Gasteiger partial charge in [0.05, 0.1) is 5.02 Å². The third-order valence-corrected chi connectivity index (χ3v) is 2.41. The molecule has 0 aliphatic carbocycles. The molecule has 0 saturated heterocycles. The van der Waals surface area contributed by atoms with Crippen molar-refractivity contribution in [2.45, 2.75) is 18.9 Å². The highest BCUT2D eigenvalue weighted by atomic mass is 35.5. The first-order valence-corrected chi connectivity index (χ1v) is 4.89. The normalized spacial score (nSPS) is 12.4. The van der Waals surface area contributed by atoms with Gasteiger partial charge in [-0.05, 0) is 12.1 Å². The van der Waals surface area contributed by atoms with Crippen molar-refractivity contribution in [1.29, 1.82) is 0 Å². The predicted octanol–water partition coefficient (Wildman–Crippen LogP) is 3.78. The Kier molecular flexibility index (Phi) is 6.33. The standard InChI is InChI=1S/C9H9Cl2F2NO.ClH/c10-4-1-5(11)9(7(15)2-4)6(14)3-8(12)13;/h1-2,6,8,15H,3,14H2;1H/t6-;/m1./s1. The minimum Gasteiger partial charge on any atom is -0.508 e. The molecule has 0 aromatic heterocycles.